The van der Waals surface area contributed by atoms with E-state index in [1.807, 2.05) is 49.1 Å². The van der Waals surface area contributed by atoms with E-state index < -0.39 is 0 Å². The molecule has 0 unspecified atom stereocenters. The van der Waals surface area contributed by atoms with E-state index in [9.17, 15) is 4.79 Å². The van der Waals surface area contributed by atoms with Crippen LogP contribution in [0.4, 0.5) is 11.6 Å². The van der Waals surface area contributed by atoms with Gasteiger partial charge >= 0.3 is 0 Å². The first-order valence-electron chi connectivity index (χ1n) is 7.97. The van der Waals surface area contributed by atoms with Crippen molar-refractivity contribution in [2.45, 2.75) is 27.7 Å². The molecule has 2 aromatic rings. The molecule has 0 aliphatic carbocycles. The fourth-order valence-corrected chi connectivity index (χ4v) is 2.22. The Morgan fingerprint density at radius 3 is 2.52 bits per heavy atom. The molecule has 2 rings (SSSR count). The van der Waals surface area contributed by atoms with Crippen LogP contribution in [0.25, 0.3) is 0 Å². The largest absolute Gasteiger partial charge is 0.350 e. The van der Waals surface area contributed by atoms with Gasteiger partial charge < -0.3 is 10.2 Å². The number of hydrogen-bond donors (Lipinski definition) is 1. The Hall–Kier alpha value is -2.43. The molecule has 122 valence electrons. The van der Waals surface area contributed by atoms with Gasteiger partial charge in [0.2, 0.25) is 5.95 Å². The second kappa shape index (κ2) is 7.72. The normalized spacial score (nSPS) is 10.7. The smallest absolute Gasteiger partial charge is 0.270 e. The minimum Gasteiger partial charge on any atom is -0.350 e. The SMILES string of the molecule is CCN(c1ccccc1)c1nc(C)cc(C(=O)NCC(C)C)n1. The van der Waals surface area contributed by atoms with Crippen molar-refractivity contribution in [2.75, 3.05) is 18.0 Å². The van der Waals surface area contributed by atoms with Gasteiger partial charge in [-0.2, -0.15) is 0 Å². The average molecular weight is 312 g/mol. The Labute approximate surface area is 137 Å². The third-order valence-corrected chi connectivity index (χ3v) is 3.37. The lowest BCUT2D eigenvalue weighted by Crippen LogP contribution is -2.29. The van der Waals surface area contributed by atoms with Gasteiger partial charge in [0.25, 0.3) is 5.91 Å². The van der Waals surface area contributed by atoms with Crippen LogP contribution >= 0.6 is 0 Å². The third kappa shape index (κ3) is 4.52. The summed E-state index contributed by atoms with van der Waals surface area (Å²) in [5.74, 6) is 0.792. The molecule has 0 fully saturated rings. The standard InChI is InChI=1S/C18H24N4O/c1-5-22(15-9-7-6-8-10-15)18-20-14(4)11-16(21-18)17(23)19-12-13(2)3/h6-11,13H,5,12H2,1-4H3,(H,19,23). The van der Waals surface area contributed by atoms with E-state index in [0.717, 1.165) is 17.9 Å². The molecule has 0 saturated carbocycles. The van der Waals surface area contributed by atoms with Crippen LogP contribution in [0.15, 0.2) is 36.4 Å². The number of aryl methyl sites for hydroxylation is 1. The lowest BCUT2D eigenvalue weighted by Gasteiger charge is -2.21. The number of carbonyl (C=O) groups is 1. The van der Waals surface area contributed by atoms with Gasteiger partial charge in [-0.3, -0.25) is 4.79 Å². The molecular formula is C18H24N4O. The summed E-state index contributed by atoms with van der Waals surface area (Å²) in [4.78, 5) is 23.2. The molecular weight excluding hydrogens is 288 g/mol. The molecule has 5 nitrogen and oxygen atoms in total. The summed E-state index contributed by atoms with van der Waals surface area (Å²) in [5, 5.41) is 2.90. The van der Waals surface area contributed by atoms with E-state index in [-0.39, 0.29) is 5.91 Å². The van der Waals surface area contributed by atoms with E-state index in [1.54, 1.807) is 6.07 Å². The highest BCUT2D eigenvalue weighted by Gasteiger charge is 2.15. The first-order chi connectivity index (χ1) is 11.0. The van der Waals surface area contributed by atoms with Gasteiger partial charge in [-0.25, -0.2) is 9.97 Å². The van der Waals surface area contributed by atoms with Crippen LogP contribution < -0.4 is 10.2 Å². The molecule has 0 spiro atoms. The molecule has 5 heteroatoms. The number of rotatable bonds is 6. The molecule has 1 aromatic carbocycles. The lowest BCUT2D eigenvalue weighted by molar-refractivity contribution is 0.0944. The number of hydrogen-bond acceptors (Lipinski definition) is 4. The topological polar surface area (TPSA) is 58.1 Å². The zero-order valence-electron chi connectivity index (χ0n) is 14.2. The number of amides is 1. The Morgan fingerprint density at radius 2 is 1.91 bits per heavy atom. The molecule has 0 radical (unpaired) electrons. The van der Waals surface area contributed by atoms with Crippen molar-refractivity contribution in [3.05, 3.63) is 47.8 Å². The van der Waals surface area contributed by atoms with Crippen LogP contribution in [0.2, 0.25) is 0 Å². The number of carbonyl (C=O) groups excluding carboxylic acids is 1. The molecule has 0 aliphatic heterocycles. The van der Waals surface area contributed by atoms with Gasteiger partial charge in [-0.1, -0.05) is 32.0 Å². The Morgan fingerprint density at radius 1 is 1.22 bits per heavy atom. The number of nitrogens with zero attached hydrogens (tertiary/aromatic N) is 3. The molecule has 0 atom stereocenters. The molecule has 1 N–H and O–H groups in total. The predicted octanol–water partition coefficient (Wildman–Crippen LogP) is 3.33. The van der Waals surface area contributed by atoms with Crippen molar-refractivity contribution in [1.82, 2.24) is 15.3 Å². The number of benzene rings is 1. The maximum Gasteiger partial charge on any atom is 0.270 e. The molecule has 1 amide bonds. The third-order valence-electron chi connectivity index (χ3n) is 3.37. The quantitative estimate of drug-likeness (QED) is 0.889. The molecule has 0 aliphatic rings. The summed E-state index contributed by atoms with van der Waals surface area (Å²) < 4.78 is 0. The molecule has 0 saturated heterocycles. The maximum atomic E-state index is 12.3. The van der Waals surface area contributed by atoms with Crippen LogP contribution in [-0.4, -0.2) is 29.0 Å². The van der Waals surface area contributed by atoms with Crippen LogP contribution in [-0.2, 0) is 0 Å². The number of aromatic nitrogens is 2. The highest BCUT2D eigenvalue weighted by atomic mass is 16.1. The Kier molecular flexibility index (Phi) is 5.68. The van der Waals surface area contributed by atoms with Gasteiger partial charge in [-0.15, -0.1) is 0 Å². The van der Waals surface area contributed by atoms with Crippen molar-refractivity contribution in [3.8, 4) is 0 Å². The van der Waals surface area contributed by atoms with Gasteiger partial charge in [0.1, 0.15) is 5.69 Å². The lowest BCUT2D eigenvalue weighted by atomic mass is 10.2. The zero-order chi connectivity index (χ0) is 16.8. The summed E-state index contributed by atoms with van der Waals surface area (Å²) in [5.41, 5.74) is 2.19. The van der Waals surface area contributed by atoms with Crippen molar-refractivity contribution >= 4 is 17.5 Å². The summed E-state index contributed by atoms with van der Waals surface area (Å²) in [7, 11) is 0. The number of anilines is 2. The summed E-state index contributed by atoms with van der Waals surface area (Å²) in [6.07, 6.45) is 0. The zero-order valence-corrected chi connectivity index (χ0v) is 14.2. The monoisotopic (exact) mass is 312 g/mol. The fraction of sp³-hybridized carbons (Fsp3) is 0.389. The van der Waals surface area contributed by atoms with Gasteiger partial charge in [0.15, 0.2) is 0 Å². The molecule has 23 heavy (non-hydrogen) atoms. The molecule has 1 aromatic heterocycles. The van der Waals surface area contributed by atoms with E-state index in [0.29, 0.717) is 24.1 Å². The van der Waals surface area contributed by atoms with E-state index >= 15 is 0 Å². The van der Waals surface area contributed by atoms with E-state index in [1.165, 1.54) is 0 Å². The fourth-order valence-electron chi connectivity index (χ4n) is 2.22. The van der Waals surface area contributed by atoms with Crippen LogP contribution in [0.1, 0.15) is 37.0 Å². The minimum atomic E-state index is -0.158. The predicted molar refractivity (Wildman–Crippen MR) is 93.1 cm³/mol. The Bertz CT molecular complexity index is 655. The maximum absolute atomic E-state index is 12.3. The Balaban J connectivity index is 2.30. The first kappa shape index (κ1) is 16.9. The first-order valence-corrected chi connectivity index (χ1v) is 7.97. The summed E-state index contributed by atoms with van der Waals surface area (Å²) >= 11 is 0. The van der Waals surface area contributed by atoms with Crippen molar-refractivity contribution in [2.24, 2.45) is 5.92 Å². The van der Waals surface area contributed by atoms with Crippen LogP contribution in [0, 0.1) is 12.8 Å². The van der Waals surface area contributed by atoms with Crippen molar-refractivity contribution in [1.29, 1.82) is 0 Å². The minimum absolute atomic E-state index is 0.158. The van der Waals surface area contributed by atoms with Gasteiger partial charge in [-0.05, 0) is 38.0 Å². The second-order valence-electron chi connectivity index (χ2n) is 5.88. The van der Waals surface area contributed by atoms with Crippen LogP contribution in [0.5, 0.6) is 0 Å². The van der Waals surface area contributed by atoms with Crippen LogP contribution in [0.3, 0.4) is 0 Å². The van der Waals surface area contributed by atoms with E-state index in [4.69, 9.17) is 0 Å². The number of para-hydroxylation sites is 1. The average Bonchev–Trinajstić information content (AvgIpc) is 2.54. The highest BCUT2D eigenvalue weighted by Crippen LogP contribution is 2.21. The molecule has 1 heterocycles. The summed E-state index contributed by atoms with van der Waals surface area (Å²) in [6.45, 7) is 9.39. The van der Waals surface area contributed by atoms with Gasteiger partial charge in [0.05, 0.1) is 0 Å². The summed E-state index contributed by atoms with van der Waals surface area (Å²) in [6, 6.07) is 11.7. The van der Waals surface area contributed by atoms with Gasteiger partial charge in [0, 0.05) is 24.5 Å². The van der Waals surface area contributed by atoms with E-state index in [2.05, 4.69) is 29.1 Å². The van der Waals surface area contributed by atoms with Crippen molar-refractivity contribution in [3.63, 3.8) is 0 Å². The second-order valence-corrected chi connectivity index (χ2v) is 5.88. The molecule has 0 bridgehead atoms. The number of nitrogens with one attached hydrogen (secondary N) is 1. The highest BCUT2D eigenvalue weighted by molar-refractivity contribution is 5.92. The van der Waals surface area contributed by atoms with Crippen molar-refractivity contribution < 1.29 is 4.79 Å².